The number of hydrogen-bond donors (Lipinski definition) is 2. The number of carbonyl (C=O) groups is 2. The van der Waals surface area contributed by atoms with Gasteiger partial charge < -0.3 is 19.8 Å². The third-order valence-electron chi connectivity index (χ3n) is 6.29. The van der Waals surface area contributed by atoms with E-state index in [9.17, 15) is 24.6 Å². The quantitative estimate of drug-likeness (QED) is 0.435. The summed E-state index contributed by atoms with van der Waals surface area (Å²) < 4.78 is 7.62. The molecule has 0 saturated carbocycles. The number of rotatable bonds is 4. The van der Waals surface area contributed by atoms with E-state index in [1.807, 2.05) is 0 Å². The van der Waals surface area contributed by atoms with Crippen LogP contribution in [0.1, 0.15) is 22.8 Å². The predicted molar refractivity (Wildman–Crippen MR) is 127 cm³/mol. The molecule has 1 aliphatic heterocycles. The Bertz CT molecular complexity index is 1500. The summed E-state index contributed by atoms with van der Waals surface area (Å²) in [6.07, 6.45) is 1.05. The highest BCUT2D eigenvalue weighted by atomic mass is 16.5. The zero-order chi connectivity index (χ0) is 24.7. The second-order valence-corrected chi connectivity index (χ2v) is 8.28. The van der Waals surface area contributed by atoms with E-state index in [4.69, 9.17) is 4.74 Å². The van der Waals surface area contributed by atoms with Crippen molar-refractivity contribution in [3.63, 3.8) is 0 Å². The lowest BCUT2D eigenvalue weighted by Crippen LogP contribution is -2.31. The Morgan fingerprint density at radius 2 is 1.83 bits per heavy atom. The molecule has 5 rings (SSSR count). The average Bonchev–Trinajstić information content (AvgIpc) is 3.46. The summed E-state index contributed by atoms with van der Waals surface area (Å²) >= 11 is 0. The van der Waals surface area contributed by atoms with Gasteiger partial charge in [-0.05, 0) is 53.9 Å². The number of ether oxygens (including phenoxy) is 1. The van der Waals surface area contributed by atoms with Gasteiger partial charge in [-0.1, -0.05) is 18.2 Å². The number of aromatic hydroxyl groups is 1. The highest BCUT2D eigenvalue weighted by Gasteiger charge is 2.31. The molecule has 0 radical (unpaired) electrons. The number of likely N-dealkylation sites (tertiary alicyclic amines) is 1. The molecule has 3 heterocycles. The van der Waals surface area contributed by atoms with Crippen LogP contribution in [0.2, 0.25) is 0 Å². The van der Waals surface area contributed by atoms with E-state index in [0.717, 1.165) is 5.56 Å². The van der Waals surface area contributed by atoms with Gasteiger partial charge in [-0.15, -0.1) is 0 Å². The maximum atomic E-state index is 13.6. The molecule has 0 aliphatic carbocycles. The highest BCUT2D eigenvalue weighted by Crippen LogP contribution is 2.31. The fourth-order valence-corrected chi connectivity index (χ4v) is 4.55. The van der Waals surface area contributed by atoms with Crippen LogP contribution in [0, 0.1) is 0 Å². The first-order valence-electron chi connectivity index (χ1n) is 11.0. The summed E-state index contributed by atoms with van der Waals surface area (Å²) in [6, 6.07) is 14.8. The number of nitrogens with zero attached hydrogens (tertiary/aromatic N) is 4. The molecule has 1 atom stereocenters. The molecule has 35 heavy (non-hydrogen) atoms. The molecule has 4 aromatic rings. The summed E-state index contributed by atoms with van der Waals surface area (Å²) in [5.74, 6) is -0.545. The second kappa shape index (κ2) is 8.64. The Kier molecular flexibility index (Phi) is 5.48. The van der Waals surface area contributed by atoms with Crippen LogP contribution in [0.5, 0.6) is 5.75 Å². The zero-order valence-electron chi connectivity index (χ0n) is 18.8. The van der Waals surface area contributed by atoms with Crippen LogP contribution in [0.3, 0.4) is 0 Å². The molecule has 2 aromatic carbocycles. The molecule has 1 fully saturated rings. The predicted octanol–water partition coefficient (Wildman–Crippen LogP) is 3.27. The lowest BCUT2D eigenvalue weighted by atomic mass is 10.0. The van der Waals surface area contributed by atoms with E-state index < -0.39 is 17.8 Å². The van der Waals surface area contributed by atoms with Crippen molar-refractivity contribution in [3.05, 3.63) is 76.8 Å². The first kappa shape index (κ1) is 22.2. The Morgan fingerprint density at radius 1 is 1.09 bits per heavy atom. The van der Waals surface area contributed by atoms with Crippen molar-refractivity contribution in [2.45, 2.75) is 12.5 Å². The molecule has 1 unspecified atom stereocenters. The number of fused-ring (bicyclic) bond motifs is 1. The van der Waals surface area contributed by atoms with Gasteiger partial charge in [0.25, 0.3) is 0 Å². The summed E-state index contributed by atoms with van der Waals surface area (Å²) in [6.45, 7) is 0.526. The lowest BCUT2D eigenvalue weighted by Gasteiger charge is -2.13. The number of esters is 1. The van der Waals surface area contributed by atoms with Crippen molar-refractivity contribution in [3.8, 4) is 22.6 Å². The molecule has 1 amide bonds. The summed E-state index contributed by atoms with van der Waals surface area (Å²) in [5.41, 5.74) is 2.71. The molecule has 0 spiro atoms. The average molecular weight is 474 g/mol. The number of phenolic OH excluding ortho intramolecular Hbond substituents is 1. The summed E-state index contributed by atoms with van der Waals surface area (Å²) in [4.78, 5) is 42.3. The van der Waals surface area contributed by atoms with Crippen LogP contribution in [-0.2, 0) is 4.74 Å². The number of amides is 1. The molecular weight excluding hydrogens is 452 g/mol. The fraction of sp³-hybridized carbons (Fsp3) is 0.200. The van der Waals surface area contributed by atoms with Crippen LogP contribution in [0.4, 0.5) is 4.79 Å². The van der Waals surface area contributed by atoms with E-state index in [1.165, 1.54) is 21.1 Å². The zero-order valence-corrected chi connectivity index (χ0v) is 18.8. The first-order chi connectivity index (χ1) is 16.9. The third-order valence-corrected chi connectivity index (χ3v) is 6.29. The normalized spacial score (nSPS) is 15.5. The third kappa shape index (κ3) is 3.78. The fourth-order valence-electron chi connectivity index (χ4n) is 4.55. The number of aromatic nitrogens is 3. The second-order valence-electron chi connectivity index (χ2n) is 8.28. The smallest absolute Gasteiger partial charge is 0.407 e. The summed E-state index contributed by atoms with van der Waals surface area (Å²) in [5, 5.41) is 20.2. The molecule has 178 valence electrons. The van der Waals surface area contributed by atoms with Gasteiger partial charge in [0.1, 0.15) is 5.75 Å². The van der Waals surface area contributed by atoms with Crippen LogP contribution in [-0.4, -0.2) is 61.5 Å². The number of hydrogen-bond acceptors (Lipinski definition) is 6. The number of phenols is 1. The standard InChI is InChI=1S/C25H22N4O6/c1-35-23(31)16-6-4-15(5-7-16)17-8-9-19(21(30)13-17)29-20-3-2-11-26-22(20)28(24(29)32)18-10-12-27(14-18)25(33)34/h2-9,11,13,18,30H,10,12,14H2,1H3,(H,33,34). The molecule has 10 nitrogen and oxygen atoms in total. The minimum atomic E-state index is -1.02. The van der Waals surface area contributed by atoms with Crippen molar-refractivity contribution in [1.29, 1.82) is 0 Å². The maximum absolute atomic E-state index is 13.6. The van der Waals surface area contributed by atoms with E-state index >= 15 is 0 Å². The Labute approximate surface area is 199 Å². The van der Waals surface area contributed by atoms with Crippen molar-refractivity contribution in [1.82, 2.24) is 19.0 Å². The van der Waals surface area contributed by atoms with Gasteiger partial charge in [0, 0.05) is 19.3 Å². The minimum absolute atomic E-state index is 0.108. The van der Waals surface area contributed by atoms with Gasteiger partial charge in [0.2, 0.25) is 0 Å². The Balaban J connectivity index is 1.56. The largest absolute Gasteiger partial charge is 0.506 e. The van der Waals surface area contributed by atoms with E-state index in [-0.39, 0.29) is 24.0 Å². The molecule has 1 aliphatic rings. The Morgan fingerprint density at radius 3 is 2.49 bits per heavy atom. The van der Waals surface area contributed by atoms with Gasteiger partial charge in [0.05, 0.1) is 29.9 Å². The monoisotopic (exact) mass is 474 g/mol. The van der Waals surface area contributed by atoms with Crippen LogP contribution < -0.4 is 5.69 Å². The lowest BCUT2D eigenvalue weighted by molar-refractivity contribution is 0.0600. The molecule has 2 aromatic heterocycles. The van der Waals surface area contributed by atoms with Crippen molar-refractivity contribution >= 4 is 23.2 Å². The van der Waals surface area contributed by atoms with Gasteiger partial charge in [-0.2, -0.15) is 0 Å². The van der Waals surface area contributed by atoms with Gasteiger partial charge in [-0.25, -0.2) is 19.4 Å². The van der Waals surface area contributed by atoms with E-state index in [0.29, 0.717) is 35.3 Å². The van der Waals surface area contributed by atoms with Crippen molar-refractivity contribution < 1.29 is 24.5 Å². The van der Waals surface area contributed by atoms with Crippen molar-refractivity contribution in [2.24, 2.45) is 0 Å². The molecule has 10 heteroatoms. The number of methoxy groups -OCH3 is 1. The van der Waals surface area contributed by atoms with E-state index in [1.54, 1.807) is 60.8 Å². The SMILES string of the molecule is COC(=O)c1ccc(-c2ccc(-n3c(=O)n(C4CCN(C(=O)O)C4)c4ncccc43)c(O)c2)cc1. The number of carbonyl (C=O) groups excluding carboxylic acids is 1. The van der Waals surface area contributed by atoms with E-state index in [2.05, 4.69) is 4.98 Å². The number of pyridine rings is 1. The number of benzene rings is 2. The van der Waals surface area contributed by atoms with Gasteiger partial charge >= 0.3 is 17.8 Å². The molecular formula is C25H22N4O6. The van der Waals surface area contributed by atoms with Gasteiger partial charge in [-0.3, -0.25) is 9.13 Å². The molecule has 2 N–H and O–H groups in total. The number of carboxylic acid groups (broad SMARTS) is 1. The van der Waals surface area contributed by atoms with Crippen LogP contribution in [0.15, 0.2) is 65.6 Å². The molecule has 1 saturated heterocycles. The molecule has 0 bridgehead atoms. The maximum Gasteiger partial charge on any atom is 0.407 e. The van der Waals surface area contributed by atoms with Gasteiger partial charge in [0.15, 0.2) is 5.65 Å². The first-order valence-corrected chi connectivity index (χ1v) is 11.0. The Hall–Kier alpha value is -4.60. The van der Waals surface area contributed by atoms with Crippen LogP contribution >= 0.6 is 0 Å². The van der Waals surface area contributed by atoms with Crippen molar-refractivity contribution in [2.75, 3.05) is 20.2 Å². The minimum Gasteiger partial charge on any atom is -0.506 e. The van der Waals surface area contributed by atoms with Crippen LogP contribution in [0.25, 0.3) is 28.0 Å². The topological polar surface area (TPSA) is 127 Å². The number of imidazole rings is 1. The summed E-state index contributed by atoms with van der Waals surface area (Å²) in [7, 11) is 1.32. The highest BCUT2D eigenvalue weighted by molar-refractivity contribution is 5.90.